The molecule has 0 rings (SSSR count). The minimum Gasteiger partial charge on any atom is -0.479 e. The van der Waals surface area contributed by atoms with Crippen LogP contribution in [0.2, 0.25) is 0 Å². The Morgan fingerprint density at radius 1 is 1.56 bits per heavy atom. The molecular formula is C9H15N3O4. The number of nitriles is 1. The van der Waals surface area contributed by atoms with Crippen molar-refractivity contribution in [3.63, 3.8) is 0 Å². The summed E-state index contributed by atoms with van der Waals surface area (Å²) in [6.07, 6.45) is -1.28. The number of aliphatic hydroxyl groups is 1. The van der Waals surface area contributed by atoms with Crippen molar-refractivity contribution in [1.82, 2.24) is 10.2 Å². The van der Waals surface area contributed by atoms with Gasteiger partial charge in [-0.2, -0.15) is 5.26 Å². The molecule has 1 atom stereocenters. The molecule has 0 saturated carbocycles. The number of hydrogen-bond acceptors (Lipinski definition) is 4. The summed E-state index contributed by atoms with van der Waals surface area (Å²) in [6, 6.07) is 1.51. The van der Waals surface area contributed by atoms with Crippen molar-refractivity contribution in [2.45, 2.75) is 18.9 Å². The van der Waals surface area contributed by atoms with Gasteiger partial charge in [-0.25, -0.2) is 9.59 Å². The van der Waals surface area contributed by atoms with Crippen molar-refractivity contribution >= 4 is 12.0 Å². The van der Waals surface area contributed by atoms with Gasteiger partial charge in [0.15, 0.2) is 6.10 Å². The first-order chi connectivity index (χ1) is 7.49. The number of rotatable bonds is 6. The van der Waals surface area contributed by atoms with Crippen molar-refractivity contribution in [3.05, 3.63) is 0 Å². The molecule has 0 heterocycles. The van der Waals surface area contributed by atoms with E-state index >= 15 is 0 Å². The molecule has 0 fully saturated rings. The van der Waals surface area contributed by atoms with Crippen LogP contribution in [0, 0.1) is 11.3 Å². The first kappa shape index (κ1) is 14.2. The summed E-state index contributed by atoms with van der Waals surface area (Å²) in [5.41, 5.74) is 0. The Morgan fingerprint density at radius 3 is 2.69 bits per heavy atom. The fourth-order valence-corrected chi connectivity index (χ4v) is 0.894. The first-order valence-electron chi connectivity index (χ1n) is 4.75. The second-order valence-electron chi connectivity index (χ2n) is 3.20. The number of carboxylic acids is 1. The van der Waals surface area contributed by atoms with Gasteiger partial charge in [-0.05, 0) is 0 Å². The molecule has 0 radical (unpaired) electrons. The summed E-state index contributed by atoms with van der Waals surface area (Å²) in [6.45, 7) is 0.382. The van der Waals surface area contributed by atoms with Crippen LogP contribution in [0.1, 0.15) is 12.8 Å². The number of amides is 2. The van der Waals surface area contributed by atoms with E-state index < -0.39 is 18.1 Å². The molecule has 0 saturated heterocycles. The minimum atomic E-state index is -1.47. The molecule has 0 aromatic heterocycles. The van der Waals surface area contributed by atoms with Crippen LogP contribution in [0.4, 0.5) is 4.79 Å². The topological polar surface area (TPSA) is 114 Å². The van der Waals surface area contributed by atoms with Gasteiger partial charge in [0.05, 0.1) is 12.5 Å². The maximum atomic E-state index is 11.3. The molecule has 0 spiro atoms. The highest BCUT2D eigenvalue weighted by Gasteiger charge is 2.13. The van der Waals surface area contributed by atoms with E-state index in [4.69, 9.17) is 15.5 Å². The lowest BCUT2D eigenvalue weighted by molar-refractivity contribution is -0.146. The fourth-order valence-electron chi connectivity index (χ4n) is 0.894. The van der Waals surface area contributed by atoms with Gasteiger partial charge in [-0.1, -0.05) is 0 Å². The van der Waals surface area contributed by atoms with Gasteiger partial charge in [0.25, 0.3) is 0 Å². The molecule has 0 aromatic rings. The maximum Gasteiger partial charge on any atom is 0.332 e. The van der Waals surface area contributed by atoms with E-state index in [1.54, 1.807) is 0 Å². The summed E-state index contributed by atoms with van der Waals surface area (Å²) in [5.74, 6) is -1.31. The molecule has 3 N–H and O–H groups in total. The molecule has 0 aliphatic rings. The Balaban J connectivity index is 3.73. The van der Waals surface area contributed by atoms with Crippen LogP contribution in [0.3, 0.4) is 0 Å². The van der Waals surface area contributed by atoms with Crippen LogP contribution in [0.5, 0.6) is 0 Å². The lowest BCUT2D eigenvalue weighted by atomic mass is 10.2. The molecule has 0 bridgehead atoms. The molecule has 90 valence electrons. The van der Waals surface area contributed by atoms with Crippen LogP contribution < -0.4 is 5.32 Å². The fraction of sp³-hybridized carbons (Fsp3) is 0.667. The zero-order valence-electron chi connectivity index (χ0n) is 9.01. The van der Waals surface area contributed by atoms with E-state index in [2.05, 4.69) is 5.32 Å². The monoisotopic (exact) mass is 229 g/mol. The maximum absolute atomic E-state index is 11.3. The molecule has 0 unspecified atom stereocenters. The normalized spacial score (nSPS) is 11.3. The Morgan fingerprint density at radius 2 is 2.19 bits per heavy atom. The smallest absolute Gasteiger partial charge is 0.332 e. The number of aliphatic hydroxyl groups excluding tert-OH is 1. The number of hydrogen-bond donors (Lipinski definition) is 3. The lowest BCUT2D eigenvalue weighted by Gasteiger charge is -2.16. The van der Waals surface area contributed by atoms with Gasteiger partial charge in [-0.3, -0.25) is 0 Å². The molecular weight excluding hydrogens is 214 g/mol. The Kier molecular flexibility index (Phi) is 6.63. The number of nitrogens with one attached hydrogen (secondary N) is 1. The van der Waals surface area contributed by atoms with Gasteiger partial charge in [0, 0.05) is 26.6 Å². The second kappa shape index (κ2) is 7.48. The number of carbonyl (C=O) groups excluding carboxylic acids is 1. The predicted molar refractivity (Wildman–Crippen MR) is 54.5 cm³/mol. The van der Waals surface area contributed by atoms with Crippen molar-refractivity contribution in [2.75, 3.05) is 20.1 Å². The summed E-state index contributed by atoms with van der Waals surface area (Å²) >= 11 is 0. The summed E-state index contributed by atoms with van der Waals surface area (Å²) in [5, 5.41) is 28.0. The van der Waals surface area contributed by atoms with Gasteiger partial charge in [0.2, 0.25) is 0 Å². The second-order valence-corrected chi connectivity index (χ2v) is 3.20. The number of aliphatic carboxylic acids is 1. The highest BCUT2D eigenvalue weighted by Crippen LogP contribution is 1.91. The zero-order valence-corrected chi connectivity index (χ0v) is 9.01. The van der Waals surface area contributed by atoms with Crippen molar-refractivity contribution in [3.8, 4) is 6.07 Å². The minimum absolute atomic E-state index is 0.0484. The van der Waals surface area contributed by atoms with Gasteiger partial charge in [0.1, 0.15) is 0 Å². The van der Waals surface area contributed by atoms with Crippen molar-refractivity contribution in [1.29, 1.82) is 5.26 Å². The van der Waals surface area contributed by atoms with Crippen molar-refractivity contribution < 1.29 is 19.8 Å². The van der Waals surface area contributed by atoms with E-state index in [0.29, 0.717) is 6.54 Å². The van der Waals surface area contributed by atoms with Crippen LogP contribution in [-0.4, -0.2) is 53.4 Å². The average Bonchev–Trinajstić information content (AvgIpc) is 2.25. The zero-order chi connectivity index (χ0) is 12.6. The third-order valence-electron chi connectivity index (χ3n) is 1.88. The van der Waals surface area contributed by atoms with Gasteiger partial charge >= 0.3 is 12.0 Å². The van der Waals surface area contributed by atoms with Gasteiger partial charge < -0.3 is 20.4 Å². The Hall–Kier alpha value is -1.81. The van der Waals surface area contributed by atoms with E-state index in [9.17, 15) is 9.59 Å². The van der Waals surface area contributed by atoms with E-state index in [-0.39, 0.29) is 19.4 Å². The summed E-state index contributed by atoms with van der Waals surface area (Å²) < 4.78 is 0. The molecule has 7 nitrogen and oxygen atoms in total. The van der Waals surface area contributed by atoms with Crippen LogP contribution in [0.15, 0.2) is 0 Å². The SMILES string of the molecule is CN(CCC#N)C(=O)NCC[C@H](O)C(=O)O. The van der Waals surface area contributed by atoms with E-state index in [0.717, 1.165) is 0 Å². The largest absolute Gasteiger partial charge is 0.479 e. The first-order valence-corrected chi connectivity index (χ1v) is 4.75. The molecule has 0 aromatic carbocycles. The summed E-state index contributed by atoms with van der Waals surface area (Å²) in [4.78, 5) is 22.8. The highest BCUT2D eigenvalue weighted by atomic mass is 16.4. The molecule has 0 aliphatic carbocycles. The quantitative estimate of drug-likeness (QED) is 0.561. The highest BCUT2D eigenvalue weighted by molar-refractivity contribution is 5.74. The standard InChI is InChI=1S/C9H15N3O4/c1-12(6-2-4-10)9(16)11-5-3-7(13)8(14)15/h7,13H,2-3,5-6H2,1H3,(H,11,16)(H,14,15)/t7-/m0/s1. The predicted octanol–water partition coefficient (Wildman–Crippen LogP) is -0.623. The van der Waals surface area contributed by atoms with E-state index in [1.807, 2.05) is 6.07 Å². The summed E-state index contributed by atoms with van der Waals surface area (Å²) in [7, 11) is 1.53. The number of nitrogens with zero attached hydrogens (tertiary/aromatic N) is 2. The van der Waals surface area contributed by atoms with E-state index in [1.165, 1.54) is 11.9 Å². The number of carboxylic acid groups (broad SMARTS) is 1. The van der Waals surface area contributed by atoms with Crippen LogP contribution in [-0.2, 0) is 4.79 Å². The van der Waals surface area contributed by atoms with Crippen molar-refractivity contribution in [2.24, 2.45) is 0 Å². The molecule has 16 heavy (non-hydrogen) atoms. The molecule has 7 heteroatoms. The number of carbonyl (C=O) groups is 2. The Bertz CT molecular complexity index is 287. The molecule has 0 aliphatic heterocycles. The number of urea groups is 1. The average molecular weight is 229 g/mol. The third-order valence-corrected chi connectivity index (χ3v) is 1.88. The van der Waals surface area contributed by atoms with Gasteiger partial charge in [-0.15, -0.1) is 0 Å². The third kappa shape index (κ3) is 5.82. The van der Waals surface area contributed by atoms with Crippen LogP contribution >= 0.6 is 0 Å². The molecule has 2 amide bonds. The lowest BCUT2D eigenvalue weighted by Crippen LogP contribution is -2.39. The van der Waals surface area contributed by atoms with Crippen LogP contribution in [0.25, 0.3) is 0 Å². The Labute approximate surface area is 93.3 Å².